The van der Waals surface area contributed by atoms with Crippen molar-refractivity contribution in [1.82, 2.24) is 4.98 Å². The number of nitrogens with two attached hydrogens (primary N) is 1. The molecule has 6 rings (SSSR count). The molecule has 0 fully saturated rings. The molecule has 3 aromatic heterocycles. The summed E-state index contributed by atoms with van der Waals surface area (Å²) in [5.41, 5.74) is 6.68. The number of anilines is 3. The fourth-order valence-electron chi connectivity index (χ4n) is 4.08. The van der Waals surface area contributed by atoms with E-state index in [0.717, 1.165) is 27.2 Å². The van der Waals surface area contributed by atoms with Gasteiger partial charge in [-0.2, -0.15) is 13.2 Å². The van der Waals surface area contributed by atoms with E-state index in [4.69, 9.17) is 5.73 Å². The van der Waals surface area contributed by atoms with Crippen LogP contribution in [0.1, 0.15) is 15.2 Å². The van der Waals surface area contributed by atoms with Gasteiger partial charge in [0.15, 0.2) is 0 Å². The number of aromatic nitrogens is 1. The Morgan fingerprint density at radius 2 is 1.60 bits per heavy atom. The summed E-state index contributed by atoms with van der Waals surface area (Å²) in [7, 11) is 0. The molecule has 0 aliphatic carbocycles. The van der Waals surface area contributed by atoms with Crippen molar-refractivity contribution >= 4 is 67.6 Å². The first-order valence-corrected chi connectivity index (χ1v) is 12.9. The van der Waals surface area contributed by atoms with Crippen molar-refractivity contribution in [3.63, 3.8) is 0 Å². The Labute approximate surface area is 209 Å². The van der Waals surface area contributed by atoms with Crippen LogP contribution < -0.4 is 10.6 Å². The second-order valence-corrected chi connectivity index (χ2v) is 10.8. The average Bonchev–Trinajstić information content (AvgIpc) is 3.49. The van der Waals surface area contributed by atoms with E-state index in [1.165, 1.54) is 28.0 Å². The predicted octanol–water partition coefficient (Wildman–Crippen LogP) is 8.07. The normalized spacial score (nSPS) is 13.1. The molecule has 2 aromatic carbocycles. The number of hydrogen-bond donors (Lipinski definition) is 1. The highest BCUT2D eigenvalue weighted by Gasteiger charge is 2.38. The lowest BCUT2D eigenvalue weighted by Gasteiger charge is -2.30. The maximum absolute atomic E-state index is 14.1. The Kier molecular flexibility index (Phi) is 5.13. The number of fused-ring (bicyclic) bond motifs is 3. The van der Waals surface area contributed by atoms with E-state index in [0.29, 0.717) is 16.3 Å². The third-order valence-electron chi connectivity index (χ3n) is 5.61. The number of alkyl halides is 3. The molecule has 5 aromatic rings. The molecule has 4 heterocycles. The molecular formula is C25H14F3N3OS3. The number of para-hydroxylation sites is 2. The largest absolute Gasteiger partial charge is 0.417 e. The van der Waals surface area contributed by atoms with Gasteiger partial charge in [-0.25, -0.2) is 4.98 Å². The number of nitrogens with zero attached hydrogens (tertiary/aromatic N) is 2. The van der Waals surface area contributed by atoms with E-state index in [9.17, 15) is 18.0 Å². The zero-order valence-corrected chi connectivity index (χ0v) is 20.1. The first kappa shape index (κ1) is 22.1. The van der Waals surface area contributed by atoms with E-state index < -0.39 is 17.6 Å². The number of benzene rings is 2. The number of carbonyl (C=O) groups excluding carboxylic acids is 1. The van der Waals surface area contributed by atoms with Gasteiger partial charge in [0.2, 0.25) is 0 Å². The van der Waals surface area contributed by atoms with Gasteiger partial charge in [0, 0.05) is 15.2 Å². The smallest absolute Gasteiger partial charge is 0.397 e. The minimum atomic E-state index is -4.66. The van der Waals surface area contributed by atoms with Gasteiger partial charge in [-0.15, -0.1) is 22.7 Å². The van der Waals surface area contributed by atoms with Crippen LogP contribution in [0, 0.1) is 0 Å². The summed E-state index contributed by atoms with van der Waals surface area (Å²) in [4.78, 5) is 22.4. The summed E-state index contributed by atoms with van der Waals surface area (Å²) in [5.74, 6) is -0.489. The highest BCUT2D eigenvalue weighted by atomic mass is 32.2. The SMILES string of the molecule is Nc1c(C(=O)N2c3ccccc3Sc3ccccc32)sc2nc(-c3cccs3)cc(C(F)(F)F)c12. The van der Waals surface area contributed by atoms with Crippen molar-refractivity contribution in [3.05, 3.63) is 82.6 Å². The summed E-state index contributed by atoms with van der Waals surface area (Å²) >= 11 is 3.71. The maximum atomic E-state index is 14.1. The highest BCUT2D eigenvalue weighted by Crippen LogP contribution is 2.50. The number of nitrogen functional groups attached to an aromatic ring is 1. The topological polar surface area (TPSA) is 59.2 Å². The molecule has 0 radical (unpaired) electrons. The van der Waals surface area contributed by atoms with E-state index in [1.54, 1.807) is 17.5 Å². The van der Waals surface area contributed by atoms with E-state index >= 15 is 0 Å². The number of amides is 1. The Hall–Kier alpha value is -3.34. The molecule has 0 spiro atoms. The van der Waals surface area contributed by atoms with Crippen molar-refractivity contribution < 1.29 is 18.0 Å². The second kappa shape index (κ2) is 8.11. The Morgan fingerprint density at radius 3 is 2.20 bits per heavy atom. The number of thiophene rings is 2. The predicted molar refractivity (Wildman–Crippen MR) is 136 cm³/mol. The maximum Gasteiger partial charge on any atom is 0.417 e. The van der Waals surface area contributed by atoms with Crippen LogP contribution in [0.3, 0.4) is 0 Å². The van der Waals surface area contributed by atoms with Crippen LogP contribution in [0.5, 0.6) is 0 Å². The molecule has 1 amide bonds. The summed E-state index contributed by atoms with van der Waals surface area (Å²) in [5, 5.41) is 1.54. The van der Waals surface area contributed by atoms with Crippen molar-refractivity contribution in [2.75, 3.05) is 10.6 Å². The Morgan fingerprint density at radius 1 is 0.943 bits per heavy atom. The third-order valence-corrected chi connectivity index (χ3v) is 8.72. The van der Waals surface area contributed by atoms with Gasteiger partial charge in [0.25, 0.3) is 5.91 Å². The van der Waals surface area contributed by atoms with Crippen LogP contribution >= 0.6 is 34.4 Å². The van der Waals surface area contributed by atoms with Crippen LogP contribution in [-0.4, -0.2) is 10.9 Å². The van der Waals surface area contributed by atoms with Gasteiger partial charge in [-0.3, -0.25) is 9.69 Å². The molecule has 35 heavy (non-hydrogen) atoms. The van der Waals surface area contributed by atoms with Crippen LogP contribution in [0.15, 0.2) is 81.9 Å². The fourth-order valence-corrected chi connectivity index (χ4v) is 6.87. The summed E-state index contributed by atoms with van der Waals surface area (Å²) in [6, 6.07) is 19.3. The lowest BCUT2D eigenvalue weighted by atomic mass is 10.1. The van der Waals surface area contributed by atoms with Gasteiger partial charge in [0.05, 0.1) is 33.2 Å². The van der Waals surface area contributed by atoms with Crippen LogP contribution in [-0.2, 0) is 6.18 Å². The molecule has 2 N–H and O–H groups in total. The molecule has 4 nitrogen and oxygen atoms in total. The summed E-state index contributed by atoms with van der Waals surface area (Å²) in [6.45, 7) is 0. The van der Waals surface area contributed by atoms with Gasteiger partial charge >= 0.3 is 6.18 Å². The average molecular weight is 526 g/mol. The monoisotopic (exact) mass is 525 g/mol. The van der Waals surface area contributed by atoms with Crippen LogP contribution in [0.2, 0.25) is 0 Å². The minimum absolute atomic E-state index is 0.0258. The summed E-state index contributed by atoms with van der Waals surface area (Å²) < 4.78 is 42.3. The molecule has 0 bridgehead atoms. The molecule has 0 atom stereocenters. The van der Waals surface area contributed by atoms with E-state index in [-0.39, 0.29) is 26.5 Å². The second-order valence-electron chi connectivity index (χ2n) is 7.73. The number of rotatable bonds is 2. The number of halogens is 3. The standard InChI is InChI=1S/C25H14F3N3OS3/c26-25(27,28)13-12-14(17-10-5-11-33-17)30-23-20(13)21(29)22(35-23)24(32)31-15-6-1-3-8-18(15)34-19-9-4-2-7-16(19)31/h1-12H,29H2. The van der Waals surface area contributed by atoms with Crippen molar-refractivity contribution in [1.29, 1.82) is 0 Å². The number of hydrogen-bond acceptors (Lipinski definition) is 6. The zero-order chi connectivity index (χ0) is 24.3. The molecule has 1 aliphatic rings. The van der Waals surface area contributed by atoms with Crippen molar-refractivity contribution in [2.24, 2.45) is 0 Å². The third kappa shape index (κ3) is 3.60. The Balaban J connectivity index is 1.57. The van der Waals surface area contributed by atoms with Crippen LogP contribution in [0.4, 0.5) is 30.2 Å². The fraction of sp³-hybridized carbons (Fsp3) is 0.0400. The molecular weight excluding hydrogens is 511 g/mol. The zero-order valence-electron chi connectivity index (χ0n) is 17.7. The number of pyridine rings is 1. The number of carbonyl (C=O) groups is 1. The van der Waals surface area contributed by atoms with Crippen molar-refractivity contribution in [3.8, 4) is 10.6 Å². The minimum Gasteiger partial charge on any atom is -0.397 e. The quantitative estimate of drug-likeness (QED) is 0.253. The lowest BCUT2D eigenvalue weighted by molar-refractivity contribution is -0.136. The molecule has 174 valence electrons. The van der Waals surface area contributed by atoms with Gasteiger partial charge in [0.1, 0.15) is 9.71 Å². The van der Waals surface area contributed by atoms with Gasteiger partial charge in [-0.05, 0) is 41.8 Å². The van der Waals surface area contributed by atoms with E-state index in [2.05, 4.69) is 4.98 Å². The first-order chi connectivity index (χ1) is 16.8. The lowest BCUT2D eigenvalue weighted by Crippen LogP contribution is -2.28. The van der Waals surface area contributed by atoms with Gasteiger partial charge in [-0.1, -0.05) is 42.1 Å². The van der Waals surface area contributed by atoms with Crippen molar-refractivity contribution in [2.45, 2.75) is 16.0 Å². The Bertz CT molecular complexity index is 1560. The molecule has 0 saturated heterocycles. The first-order valence-electron chi connectivity index (χ1n) is 10.4. The molecule has 0 unspecified atom stereocenters. The highest BCUT2D eigenvalue weighted by molar-refractivity contribution is 7.99. The van der Waals surface area contributed by atoms with Gasteiger partial charge < -0.3 is 5.73 Å². The van der Waals surface area contributed by atoms with Crippen LogP contribution in [0.25, 0.3) is 20.8 Å². The summed E-state index contributed by atoms with van der Waals surface area (Å²) in [6.07, 6.45) is -4.66. The molecule has 10 heteroatoms. The van der Waals surface area contributed by atoms with E-state index in [1.807, 2.05) is 48.5 Å². The molecule has 1 aliphatic heterocycles. The molecule has 0 saturated carbocycles.